The summed E-state index contributed by atoms with van der Waals surface area (Å²) in [5.41, 5.74) is 2.23. The zero-order chi connectivity index (χ0) is 14.3. The number of hydrogen-bond donors (Lipinski definition) is 2. The van der Waals surface area contributed by atoms with Gasteiger partial charge in [-0.25, -0.2) is 0 Å². The minimum Gasteiger partial charge on any atom is -0.394 e. The molecule has 3 nitrogen and oxygen atoms in total. The molecule has 1 aromatic rings. The number of nitrogens with zero attached hydrogens (tertiary/aromatic N) is 1. The van der Waals surface area contributed by atoms with Crippen LogP contribution < -0.4 is 5.32 Å². The monoisotopic (exact) mass is 284 g/mol. The molecule has 0 heterocycles. The number of aryl methyl sites for hydroxylation is 1. The SMILES string of the molecule is CCN(CC)CCNC(CO)c1ccc(Cl)cc1C. The quantitative estimate of drug-likeness (QED) is 0.770. The third kappa shape index (κ3) is 5.11. The molecule has 19 heavy (non-hydrogen) atoms. The number of hydrogen-bond acceptors (Lipinski definition) is 3. The van der Waals surface area contributed by atoms with E-state index in [0.29, 0.717) is 0 Å². The molecule has 2 N–H and O–H groups in total. The van der Waals surface area contributed by atoms with Crippen molar-refractivity contribution in [1.82, 2.24) is 10.2 Å². The smallest absolute Gasteiger partial charge is 0.0626 e. The van der Waals surface area contributed by atoms with Crippen molar-refractivity contribution in [3.63, 3.8) is 0 Å². The van der Waals surface area contributed by atoms with E-state index in [0.717, 1.165) is 42.3 Å². The van der Waals surface area contributed by atoms with Gasteiger partial charge in [0.05, 0.1) is 12.6 Å². The van der Waals surface area contributed by atoms with E-state index < -0.39 is 0 Å². The highest BCUT2D eigenvalue weighted by molar-refractivity contribution is 6.30. The van der Waals surface area contributed by atoms with Crippen LogP contribution >= 0.6 is 11.6 Å². The Labute approximate surface area is 121 Å². The minimum absolute atomic E-state index is 0.0205. The summed E-state index contributed by atoms with van der Waals surface area (Å²) in [4.78, 5) is 2.36. The van der Waals surface area contributed by atoms with Crippen LogP contribution in [0.3, 0.4) is 0 Å². The summed E-state index contributed by atoms with van der Waals surface area (Å²) in [6.07, 6.45) is 0. The van der Waals surface area contributed by atoms with Gasteiger partial charge in [-0.3, -0.25) is 0 Å². The van der Waals surface area contributed by atoms with Crippen molar-refractivity contribution in [1.29, 1.82) is 0 Å². The molecule has 0 aromatic heterocycles. The van der Waals surface area contributed by atoms with Crippen LogP contribution in [0, 0.1) is 6.92 Å². The van der Waals surface area contributed by atoms with Gasteiger partial charge in [-0.05, 0) is 43.3 Å². The lowest BCUT2D eigenvalue weighted by Crippen LogP contribution is -2.35. The van der Waals surface area contributed by atoms with E-state index in [2.05, 4.69) is 24.1 Å². The molecule has 1 unspecified atom stereocenters. The first-order valence-corrected chi connectivity index (χ1v) is 7.32. The zero-order valence-corrected chi connectivity index (χ0v) is 12.9. The molecule has 0 fully saturated rings. The number of benzene rings is 1. The molecule has 0 saturated carbocycles. The van der Waals surface area contributed by atoms with Gasteiger partial charge in [0.15, 0.2) is 0 Å². The molecule has 0 aliphatic heterocycles. The van der Waals surface area contributed by atoms with Gasteiger partial charge >= 0.3 is 0 Å². The Morgan fingerprint density at radius 2 is 2.00 bits per heavy atom. The standard InChI is InChI=1S/C15H25ClN2O/c1-4-18(5-2)9-8-17-15(11-19)14-7-6-13(16)10-12(14)3/h6-7,10,15,17,19H,4-5,8-9,11H2,1-3H3. The number of aliphatic hydroxyl groups excluding tert-OH is 1. The van der Waals surface area contributed by atoms with E-state index in [-0.39, 0.29) is 12.6 Å². The molecule has 0 saturated heterocycles. The Balaban J connectivity index is 2.58. The van der Waals surface area contributed by atoms with Crippen LogP contribution in [0.4, 0.5) is 0 Å². The maximum atomic E-state index is 9.54. The lowest BCUT2D eigenvalue weighted by molar-refractivity contribution is 0.233. The Hall–Kier alpha value is -0.610. The highest BCUT2D eigenvalue weighted by atomic mass is 35.5. The van der Waals surface area contributed by atoms with E-state index in [1.165, 1.54) is 0 Å². The van der Waals surface area contributed by atoms with Gasteiger partial charge < -0.3 is 15.3 Å². The topological polar surface area (TPSA) is 35.5 Å². The van der Waals surface area contributed by atoms with Gasteiger partial charge in [0, 0.05) is 18.1 Å². The van der Waals surface area contributed by atoms with Gasteiger partial charge in [0.25, 0.3) is 0 Å². The van der Waals surface area contributed by atoms with Crippen LogP contribution in [0.5, 0.6) is 0 Å². The molecular formula is C15H25ClN2O. The predicted molar refractivity (Wildman–Crippen MR) is 81.8 cm³/mol. The fraction of sp³-hybridized carbons (Fsp3) is 0.600. The molecule has 0 amide bonds. The molecular weight excluding hydrogens is 260 g/mol. The Morgan fingerprint density at radius 3 is 2.53 bits per heavy atom. The fourth-order valence-electron chi connectivity index (χ4n) is 2.24. The Kier molecular flexibility index (Phi) is 7.39. The summed E-state index contributed by atoms with van der Waals surface area (Å²) < 4.78 is 0. The van der Waals surface area contributed by atoms with Crippen LogP contribution in [0.2, 0.25) is 5.02 Å². The maximum Gasteiger partial charge on any atom is 0.0626 e. The molecule has 0 radical (unpaired) electrons. The molecule has 0 aliphatic rings. The van der Waals surface area contributed by atoms with E-state index in [4.69, 9.17) is 11.6 Å². The average Bonchev–Trinajstić information content (AvgIpc) is 2.40. The highest BCUT2D eigenvalue weighted by Crippen LogP contribution is 2.21. The van der Waals surface area contributed by atoms with Crippen LogP contribution in [0.1, 0.15) is 31.0 Å². The maximum absolute atomic E-state index is 9.54. The second-order valence-corrected chi connectivity index (χ2v) is 5.15. The number of aliphatic hydroxyl groups is 1. The van der Waals surface area contributed by atoms with Crippen molar-refractivity contribution in [2.24, 2.45) is 0 Å². The summed E-state index contributed by atoms with van der Waals surface area (Å²) in [5, 5.41) is 13.7. The summed E-state index contributed by atoms with van der Waals surface area (Å²) in [7, 11) is 0. The van der Waals surface area contributed by atoms with Crippen molar-refractivity contribution in [2.75, 3.05) is 32.8 Å². The largest absolute Gasteiger partial charge is 0.394 e. The number of nitrogens with one attached hydrogen (secondary N) is 1. The number of halogens is 1. The van der Waals surface area contributed by atoms with Crippen LogP contribution in [-0.2, 0) is 0 Å². The van der Waals surface area contributed by atoms with Crippen LogP contribution in [-0.4, -0.2) is 42.8 Å². The average molecular weight is 285 g/mol. The lowest BCUT2D eigenvalue weighted by Gasteiger charge is -2.22. The summed E-state index contributed by atoms with van der Waals surface area (Å²) in [5.74, 6) is 0. The van der Waals surface area contributed by atoms with Crippen molar-refractivity contribution < 1.29 is 5.11 Å². The Bertz CT molecular complexity index is 380. The van der Waals surface area contributed by atoms with Gasteiger partial charge in [0.2, 0.25) is 0 Å². The van der Waals surface area contributed by atoms with E-state index in [9.17, 15) is 5.11 Å². The zero-order valence-electron chi connectivity index (χ0n) is 12.1. The third-order valence-electron chi connectivity index (χ3n) is 3.50. The molecule has 0 bridgehead atoms. The summed E-state index contributed by atoms with van der Waals surface area (Å²) >= 11 is 5.96. The second kappa shape index (κ2) is 8.54. The van der Waals surface area contributed by atoms with Gasteiger partial charge in [-0.1, -0.05) is 31.5 Å². The summed E-state index contributed by atoms with van der Waals surface area (Å²) in [6, 6.07) is 5.78. The fourth-order valence-corrected chi connectivity index (χ4v) is 2.47. The third-order valence-corrected chi connectivity index (χ3v) is 3.74. The first-order chi connectivity index (χ1) is 9.12. The number of likely N-dealkylation sites (N-methyl/N-ethyl adjacent to an activating group) is 1. The highest BCUT2D eigenvalue weighted by Gasteiger charge is 2.12. The number of rotatable bonds is 8. The van der Waals surface area contributed by atoms with Gasteiger partial charge in [-0.2, -0.15) is 0 Å². The molecule has 0 spiro atoms. The molecule has 4 heteroatoms. The van der Waals surface area contributed by atoms with Crippen LogP contribution in [0.25, 0.3) is 0 Å². The van der Waals surface area contributed by atoms with E-state index in [1.54, 1.807) is 0 Å². The molecule has 1 rings (SSSR count). The summed E-state index contributed by atoms with van der Waals surface area (Å²) in [6.45, 7) is 10.4. The molecule has 108 valence electrons. The minimum atomic E-state index is -0.0205. The molecule has 0 aliphatic carbocycles. The van der Waals surface area contributed by atoms with Crippen molar-refractivity contribution >= 4 is 11.6 Å². The predicted octanol–water partition coefficient (Wildman–Crippen LogP) is 2.61. The van der Waals surface area contributed by atoms with Crippen molar-refractivity contribution in [3.05, 3.63) is 34.3 Å². The Morgan fingerprint density at radius 1 is 1.32 bits per heavy atom. The van der Waals surface area contributed by atoms with Crippen molar-refractivity contribution in [3.8, 4) is 0 Å². The first kappa shape index (κ1) is 16.4. The lowest BCUT2D eigenvalue weighted by atomic mass is 10.0. The van der Waals surface area contributed by atoms with Gasteiger partial charge in [-0.15, -0.1) is 0 Å². The molecule has 1 atom stereocenters. The molecule has 1 aromatic carbocycles. The van der Waals surface area contributed by atoms with E-state index in [1.807, 2.05) is 25.1 Å². The second-order valence-electron chi connectivity index (χ2n) is 4.72. The normalized spacial score (nSPS) is 12.9. The van der Waals surface area contributed by atoms with Crippen LogP contribution in [0.15, 0.2) is 18.2 Å². The first-order valence-electron chi connectivity index (χ1n) is 6.95. The van der Waals surface area contributed by atoms with Crippen molar-refractivity contribution in [2.45, 2.75) is 26.8 Å². The van der Waals surface area contributed by atoms with Gasteiger partial charge in [0.1, 0.15) is 0 Å². The van der Waals surface area contributed by atoms with E-state index >= 15 is 0 Å².